The van der Waals surface area contributed by atoms with Crippen molar-refractivity contribution in [1.82, 2.24) is 0 Å². The Labute approximate surface area is 131 Å². The van der Waals surface area contributed by atoms with Gasteiger partial charge >= 0.3 is 12.3 Å². The standard InChI is InChI=1S/C10H6Cl4F3NO2/c11-6-2-1-5(10(15,16)17)3-7(6)18-8(19)20-4-9(12,13)14/h1-3H,4H2,(H,18,19). The third-order valence-corrected chi connectivity index (χ3v) is 2.55. The molecule has 0 heterocycles. The van der Waals surface area contributed by atoms with Crippen molar-refractivity contribution in [2.75, 3.05) is 11.9 Å². The highest BCUT2D eigenvalue weighted by atomic mass is 35.6. The van der Waals surface area contributed by atoms with E-state index in [2.05, 4.69) is 4.74 Å². The van der Waals surface area contributed by atoms with Crippen LogP contribution in [0.1, 0.15) is 5.56 Å². The highest BCUT2D eigenvalue weighted by Gasteiger charge is 2.31. The number of benzene rings is 1. The predicted molar refractivity (Wildman–Crippen MR) is 71.7 cm³/mol. The van der Waals surface area contributed by atoms with Crippen molar-refractivity contribution in [2.24, 2.45) is 0 Å². The summed E-state index contributed by atoms with van der Waals surface area (Å²) in [6.45, 7) is -0.569. The molecule has 0 bridgehead atoms. The molecule has 3 nitrogen and oxygen atoms in total. The van der Waals surface area contributed by atoms with Crippen LogP contribution in [-0.2, 0) is 10.9 Å². The fourth-order valence-corrected chi connectivity index (χ4v) is 1.42. The zero-order valence-electron chi connectivity index (χ0n) is 9.40. The third-order valence-electron chi connectivity index (χ3n) is 1.90. The highest BCUT2D eigenvalue weighted by Crippen LogP contribution is 2.34. The van der Waals surface area contributed by atoms with Crippen molar-refractivity contribution < 1.29 is 22.7 Å². The van der Waals surface area contributed by atoms with Crippen LogP contribution in [0.5, 0.6) is 0 Å². The van der Waals surface area contributed by atoms with Crippen LogP contribution >= 0.6 is 46.4 Å². The number of rotatable bonds is 2. The van der Waals surface area contributed by atoms with Gasteiger partial charge in [0.15, 0.2) is 0 Å². The summed E-state index contributed by atoms with van der Waals surface area (Å²) in [5.41, 5.74) is -1.24. The molecule has 0 unspecified atom stereocenters. The Morgan fingerprint density at radius 1 is 1.25 bits per heavy atom. The van der Waals surface area contributed by atoms with E-state index in [-0.39, 0.29) is 10.7 Å². The van der Waals surface area contributed by atoms with Crippen LogP contribution in [-0.4, -0.2) is 16.5 Å². The van der Waals surface area contributed by atoms with Gasteiger partial charge in [0.05, 0.1) is 16.3 Å². The molecule has 10 heteroatoms. The third kappa shape index (κ3) is 5.83. The first-order valence-electron chi connectivity index (χ1n) is 4.86. The molecule has 1 aromatic carbocycles. The maximum absolute atomic E-state index is 12.5. The summed E-state index contributed by atoms with van der Waals surface area (Å²) >= 11 is 21.7. The van der Waals surface area contributed by atoms with E-state index in [1.54, 1.807) is 0 Å². The molecule has 0 saturated heterocycles. The van der Waals surface area contributed by atoms with Crippen LogP contribution in [0.4, 0.5) is 23.7 Å². The average Bonchev–Trinajstić information content (AvgIpc) is 2.27. The first kappa shape index (κ1) is 17.5. The molecule has 1 rings (SSSR count). The fourth-order valence-electron chi connectivity index (χ4n) is 1.09. The lowest BCUT2D eigenvalue weighted by atomic mass is 10.2. The maximum atomic E-state index is 12.5. The molecule has 0 aromatic heterocycles. The number of alkyl halides is 6. The van der Waals surface area contributed by atoms with Gasteiger partial charge in [0.2, 0.25) is 3.79 Å². The largest absolute Gasteiger partial charge is 0.445 e. The van der Waals surface area contributed by atoms with Gasteiger partial charge in [0.1, 0.15) is 6.61 Å². The Kier molecular flexibility index (Phi) is 5.66. The van der Waals surface area contributed by atoms with E-state index in [1.807, 2.05) is 5.32 Å². The topological polar surface area (TPSA) is 38.3 Å². The maximum Gasteiger partial charge on any atom is 0.416 e. The molecule has 0 saturated carbocycles. The fraction of sp³-hybridized carbons (Fsp3) is 0.300. The molecular weight excluding hydrogens is 365 g/mol. The smallest absolute Gasteiger partial charge is 0.416 e. The van der Waals surface area contributed by atoms with Gasteiger partial charge in [0.25, 0.3) is 0 Å². The van der Waals surface area contributed by atoms with Crippen molar-refractivity contribution in [1.29, 1.82) is 0 Å². The van der Waals surface area contributed by atoms with Crippen LogP contribution < -0.4 is 5.32 Å². The predicted octanol–water partition coefficient (Wildman–Crippen LogP) is 5.28. The summed E-state index contributed by atoms with van der Waals surface area (Å²) in [6, 6.07) is 2.44. The van der Waals surface area contributed by atoms with Crippen molar-refractivity contribution in [2.45, 2.75) is 9.97 Å². The summed E-state index contributed by atoms with van der Waals surface area (Å²) in [4.78, 5) is 11.3. The van der Waals surface area contributed by atoms with E-state index in [0.29, 0.717) is 6.07 Å². The van der Waals surface area contributed by atoms with Gasteiger partial charge in [0, 0.05) is 0 Å². The van der Waals surface area contributed by atoms with Crippen LogP contribution in [0.15, 0.2) is 18.2 Å². The molecule has 0 aliphatic heterocycles. The summed E-state index contributed by atoms with van der Waals surface area (Å²) < 4.78 is 40.2. The lowest BCUT2D eigenvalue weighted by Crippen LogP contribution is -2.21. The first-order chi connectivity index (χ1) is 8.99. The Hall–Kier alpha value is -0.560. The van der Waals surface area contributed by atoms with Crippen molar-refractivity contribution in [3.63, 3.8) is 0 Å². The number of anilines is 1. The number of halogens is 7. The quantitative estimate of drug-likeness (QED) is 0.719. The Bertz CT molecular complexity index is 502. The van der Waals surface area contributed by atoms with Gasteiger partial charge in [-0.3, -0.25) is 5.32 Å². The number of hydrogen-bond acceptors (Lipinski definition) is 2. The molecular formula is C10H6Cl4F3NO2. The van der Waals surface area contributed by atoms with Crippen LogP contribution in [0.2, 0.25) is 5.02 Å². The van der Waals surface area contributed by atoms with Crippen LogP contribution in [0.25, 0.3) is 0 Å². The van der Waals surface area contributed by atoms with Gasteiger partial charge < -0.3 is 4.74 Å². The second kappa shape index (κ2) is 6.47. The molecule has 0 spiro atoms. The highest BCUT2D eigenvalue weighted by molar-refractivity contribution is 6.67. The lowest BCUT2D eigenvalue weighted by Gasteiger charge is -2.14. The number of carbonyl (C=O) groups is 1. The SMILES string of the molecule is O=C(Nc1cc(C(F)(F)F)ccc1Cl)OCC(Cl)(Cl)Cl. The molecule has 0 aliphatic rings. The first-order valence-corrected chi connectivity index (χ1v) is 6.37. The van der Waals surface area contributed by atoms with Crippen LogP contribution in [0.3, 0.4) is 0 Å². The summed E-state index contributed by atoms with van der Waals surface area (Å²) in [7, 11) is 0. The summed E-state index contributed by atoms with van der Waals surface area (Å²) in [5, 5.41) is 1.93. The van der Waals surface area contributed by atoms with E-state index in [9.17, 15) is 18.0 Å². The van der Waals surface area contributed by atoms with Gasteiger partial charge in [-0.1, -0.05) is 46.4 Å². The minimum atomic E-state index is -4.57. The van der Waals surface area contributed by atoms with Gasteiger partial charge in [-0.2, -0.15) is 13.2 Å². The van der Waals surface area contributed by atoms with Gasteiger partial charge in [-0.25, -0.2) is 4.79 Å². The van der Waals surface area contributed by atoms with Crippen molar-refractivity contribution in [3.05, 3.63) is 28.8 Å². The second-order valence-electron chi connectivity index (χ2n) is 3.51. The normalized spacial score (nSPS) is 12.2. The molecule has 1 aromatic rings. The van der Waals surface area contributed by atoms with E-state index in [4.69, 9.17) is 46.4 Å². The van der Waals surface area contributed by atoms with E-state index in [0.717, 1.165) is 12.1 Å². The molecule has 0 aliphatic carbocycles. The number of ether oxygens (including phenoxy) is 1. The van der Waals surface area contributed by atoms with Crippen molar-refractivity contribution >= 4 is 58.2 Å². The van der Waals surface area contributed by atoms with E-state index in [1.165, 1.54) is 0 Å². The molecule has 0 radical (unpaired) electrons. The zero-order chi connectivity index (χ0) is 15.6. The molecule has 112 valence electrons. The van der Waals surface area contributed by atoms with Gasteiger partial charge in [-0.05, 0) is 18.2 Å². The molecule has 0 atom stereocenters. The van der Waals surface area contributed by atoms with Crippen molar-refractivity contribution in [3.8, 4) is 0 Å². The molecule has 20 heavy (non-hydrogen) atoms. The Balaban J connectivity index is 2.79. The average molecular weight is 371 g/mol. The number of hydrogen-bond donors (Lipinski definition) is 1. The monoisotopic (exact) mass is 369 g/mol. The minimum absolute atomic E-state index is 0.0937. The lowest BCUT2D eigenvalue weighted by molar-refractivity contribution is -0.137. The van der Waals surface area contributed by atoms with Crippen LogP contribution in [0, 0.1) is 0 Å². The molecule has 1 amide bonds. The van der Waals surface area contributed by atoms with E-state index < -0.39 is 28.2 Å². The van der Waals surface area contributed by atoms with Gasteiger partial charge in [-0.15, -0.1) is 0 Å². The number of nitrogens with one attached hydrogen (secondary N) is 1. The van der Waals surface area contributed by atoms with E-state index >= 15 is 0 Å². The molecule has 1 N–H and O–H groups in total. The molecule has 0 fully saturated rings. The summed E-state index contributed by atoms with van der Waals surface area (Å²) in [6.07, 6.45) is -5.67. The zero-order valence-corrected chi connectivity index (χ0v) is 12.4. The number of carbonyl (C=O) groups excluding carboxylic acids is 1. The minimum Gasteiger partial charge on any atom is -0.445 e. The Morgan fingerprint density at radius 2 is 1.85 bits per heavy atom. The Morgan fingerprint density at radius 3 is 2.35 bits per heavy atom. The summed E-state index contributed by atoms with van der Waals surface area (Å²) in [5.74, 6) is 0. The second-order valence-corrected chi connectivity index (χ2v) is 6.43. The number of amides is 1.